The van der Waals surface area contributed by atoms with Gasteiger partial charge in [-0.2, -0.15) is 0 Å². The Bertz CT molecular complexity index is 423. The molecule has 1 saturated heterocycles. The standard InChI is InChI=1S/C14H20N2OS/c17-14(12-4-1-2-8-15-12)16-11-5-3-6-13-10(11)7-9-18-13/h7,9,11-12,15H,1-6,8H2,(H,16,17). The maximum absolute atomic E-state index is 12.2. The van der Waals surface area contributed by atoms with Crippen LogP contribution in [0.1, 0.15) is 48.6 Å². The SMILES string of the molecule is O=C(NC1CCCc2sccc21)C1CCCCN1. The fourth-order valence-electron chi connectivity index (χ4n) is 2.98. The van der Waals surface area contributed by atoms with Gasteiger partial charge in [0.2, 0.25) is 5.91 Å². The van der Waals surface area contributed by atoms with Gasteiger partial charge in [-0.15, -0.1) is 11.3 Å². The minimum Gasteiger partial charge on any atom is -0.348 e. The highest BCUT2D eigenvalue weighted by atomic mass is 32.1. The van der Waals surface area contributed by atoms with Gasteiger partial charge in [0.05, 0.1) is 12.1 Å². The summed E-state index contributed by atoms with van der Waals surface area (Å²) in [6.45, 7) is 0.979. The molecule has 0 aromatic carbocycles. The molecule has 2 N–H and O–H groups in total. The van der Waals surface area contributed by atoms with Crippen molar-refractivity contribution >= 4 is 17.2 Å². The molecule has 3 nitrogen and oxygen atoms in total. The van der Waals surface area contributed by atoms with Crippen molar-refractivity contribution in [3.63, 3.8) is 0 Å². The van der Waals surface area contributed by atoms with E-state index >= 15 is 0 Å². The lowest BCUT2D eigenvalue weighted by Crippen LogP contribution is -2.47. The number of aryl methyl sites for hydroxylation is 1. The van der Waals surface area contributed by atoms with Crippen LogP contribution in [-0.2, 0) is 11.2 Å². The van der Waals surface area contributed by atoms with E-state index in [-0.39, 0.29) is 18.0 Å². The average molecular weight is 264 g/mol. The Morgan fingerprint density at radius 1 is 1.33 bits per heavy atom. The molecule has 1 aromatic heterocycles. The topological polar surface area (TPSA) is 41.1 Å². The first-order valence-corrected chi connectivity index (χ1v) is 7.82. The van der Waals surface area contributed by atoms with Gasteiger partial charge in [-0.3, -0.25) is 4.79 Å². The average Bonchev–Trinajstić information content (AvgIpc) is 2.89. The van der Waals surface area contributed by atoms with Crippen molar-refractivity contribution in [3.8, 4) is 0 Å². The van der Waals surface area contributed by atoms with E-state index in [4.69, 9.17) is 0 Å². The summed E-state index contributed by atoms with van der Waals surface area (Å²) >= 11 is 1.82. The predicted molar refractivity (Wildman–Crippen MR) is 73.8 cm³/mol. The molecule has 0 bridgehead atoms. The van der Waals surface area contributed by atoms with E-state index < -0.39 is 0 Å². The van der Waals surface area contributed by atoms with E-state index in [9.17, 15) is 4.79 Å². The van der Waals surface area contributed by atoms with Gasteiger partial charge in [0.25, 0.3) is 0 Å². The highest BCUT2D eigenvalue weighted by Crippen LogP contribution is 2.33. The molecule has 1 fully saturated rings. The van der Waals surface area contributed by atoms with Gasteiger partial charge in [-0.05, 0) is 55.7 Å². The van der Waals surface area contributed by atoms with Crippen LogP contribution in [0.4, 0.5) is 0 Å². The van der Waals surface area contributed by atoms with Gasteiger partial charge in [-0.25, -0.2) is 0 Å². The second-order valence-corrected chi connectivity index (χ2v) is 6.26. The number of amides is 1. The molecule has 98 valence electrons. The molecule has 2 unspecified atom stereocenters. The van der Waals surface area contributed by atoms with Gasteiger partial charge in [0.1, 0.15) is 0 Å². The summed E-state index contributed by atoms with van der Waals surface area (Å²) in [6, 6.07) is 2.46. The van der Waals surface area contributed by atoms with Crippen LogP contribution in [0.2, 0.25) is 0 Å². The second-order valence-electron chi connectivity index (χ2n) is 5.26. The number of carbonyl (C=O) groups excluding carboxylic acids is 1. The number of fused-ring (bicyclic) bond motifs is 1. The number of rotatable bonds is 2. The molecule has 1 amide bonds. The maximum Gasteiger partial charge on any atom is 0.237 e. The van der Waals surface area contributed by atoms with Crippen LogP contribution < -0.4 is 10.6 Å². The number of hydrogen-bond acceptors (Lipinski definition) is 3. The Kier molecular flexibility index (Phi) is 3.66. The van der Waals surface area contributed by atoms with E-state index in [1.807, 2.05) is 11.3 Å². The lowest BCUT2D eigenvalue weighted by Gasteiger charge is -2.28. The molecule has 1 aromatic rings. The summed E-state index contributed by atoms with van der Waals surface area (Å²) in [6.07, 6.45) is 6.80. The third kappa shape index (κ3) is 2.45. The summed E-state index contributed by atoms with van der Waals surface area (Å²) in [4.78, 5) is 13.7. The summed E-state index contributed by atoms with van der Waals surface area (Å²) in [5, 5.41) is 8.70. The van der Waals surface area contributed by atoms with Crippen LogP contribution in [0.5, 0.6) is 0 Å². The van der Waals surface area contributed by atoms with Crippen LogP contribution in [0.15, 0.2) is 11.4 Å². The zero-order chi connectivity index (χ0) is 12.4. The van der Waals surface area contributed by atoms with Crippen LogP contribution in [0.25, 0.3) is 0 Å². The van der Waals surface area contributed by atoms with Crippen molar-refractivity contribution in [1.29, 1.82) is 0 Å². The molecular formula is C14H20N2OS. The zero-order valence-corrected chi connectivity index (χ0v) is 11.4. The fourth-order valence-corrected chi connectivity index (χ4v) is 3.97. The second kappa shape index (κ2) is 5.41. The van der Waals surface area contributed by atoms with E-state index in [2.05, 4.69) is 22.1 Å². The number of hydrogen-bond donors (Lipinski definition) is 2. The summed E-state index contributed by atoms with van der Waals surface area (Å²) in [5.41, 5.74) is 1.36. The van der Waals surface area contributed by atoms with Crippen molar-refractivity contribution in [3.05, 3.63) is 21.9 Å². The van der Waals surface area contributed by atoms with Gasteiger partial charge in [-0.1, -0.05) is 6.42 Å². The largest absolute Gasteiger partial charge is 0.348 e. The van der Waals surface area contributed by atoms with Gasteiger partial charge in [0.15, 0.2) is 0 Å². The number of piperidine rings is 1. The normalized spacial score (nSPS) is 27.6. The van der Waals surface area contributed by atoms with E-state index in [0.29, 0.717) is 0 Å². The Morgan fingerprint density at radius 2 is 2.28 bits per heavy atom. The van der Waals surface area contributed by atoms with Crippen molar-refractivity contribution < 1.29 is 4.79 Å². The lowest BCUT2D eigenvalue weighted by molar-refractivity contribution is -0.124. The fraction of sp³-hybridized carbons (Fsp3) is 0.643. The molecular weight excluding hydrogens is 244 g/mol. The lowest BCUT2D eigenvalue weighted by atomic mass is 9.93. The zero-order valence-electron chi connectivity index (χ0n) is 10.6. The predicted octanol–water partition coefficient (Wildman–Crippen LogP) is 2.38. The number of thiophene rings is 1. The van der Waals surface area contributed by atoms with E-state index in [1.165, 1.54) is 36.1 Å². The quantitative estimate of drug-likeness (QED) is 0.861. The Morgan fingerprint density at radius 3 is 3.11 bits per heavy atom. The van der Waals surface area contributed by atoms with Gasteiger partial charge >= 0.3 is 0 Å². The molecule has 0 spiro atoms. The summed E-state index contributed by atoms with van der Waals surface area (Å²) in [7, 11) is 0. The Balaban J connectivity index is 1.65. The maximum atomic E-state index is 12.2. The van der Waals surface area contributed by atoms with Crippen molar-refractivity contribution in [2.45, 2.75) is 50.6 Å². The molecule has 2 atom stereocenters. The minimum absolute atomic E-state index is 0.0303. The molecule has 18 heavy (non-hydrogen) atoms. The first kappa shape index (κ1) is 12.2. The van der Waals surface area contributed by atoms with Gasteiger partial charge in [0, 0.05) is 4.88 Å². The number of carbonyl (C=O) groups is 1. The summed E-state index contributed by atoms with van der Waals surface area (Å²) in [5.74, 6) is 0.193. The molecule has 2 aliphatic rings. The molecule has 0 saturated carbocycles. The molecule has 4 heteroatoms. The first-order chi connectivity index (χ1) is 8.84. The molecule has 3 rings (SSSR count). The van der Waals surface area contributed by atoms with Crippen LogP contribution in [-0.4, -0.2) is 18.5 Å². The molecule has 1 aliphatic carbocycles. The molecule has 2 heterocycles. The number of nitrogens with one attached hydrogen (secondary N) is 2. The van der Waals surface area contributed by atoms with Crippen molar-refractivity contribution in [2.75, 3.05) is 6.54 Å². The van der Waals surface area contributed by atoms with Crippen molar-refractivity contribution in [2.24, 2.45) is 0 Å². The monoisotopic (exact) mass is 264 g/mol. The molecule has 1 aliphatic heterocycles. The molecule has 0 radical (unpaired) electrons. The third-order valence-corrected chi connectivity index (χ3v) is 4.99. The Labute approximate surface area is 112 Å². The minimum atomic E-state index is 0.0303. The third-order valence-electron chi connectivity index (χ3n) is 4.00. The van der Waals surface area contributed by atoms with Crippen LogP contribution in [0.3, 0.4) is 0 Å². The highest BCUT2D eigenvalue weighted by Gasteiger charge is 2.26. The van der Waals surface area contributed by atoms with Crippen LogP contribution >= 0.6 is 11.3 Å². The van der Waals surface area contributed by atoms with Gasteiger partial charge < -0.3 is 10.6 Å². The van der Waals surface area contributed by atoms with Crippen LogP contribution in [0, 0.1) is 0 Å². The van der Waals surface area contributed by atoms with Crippen molar-refractivity contribution in [1.82, 2.24) is 10.6 Å². The van der Waals surface area contributed by atoms with E-state index in [1.54, 1.807) is 0 Å². The Hall–Kier alpha value is -0.870. The first-order valence-electron chi connectivity index (χ1n) is 6.94. The highest BCUT2D eigenvalue weighted by molar-refractivity contribution is 7.10. The smallest absolute Gasteiger partial charge is 0.237 e. The summed E-state index contributed by atoms with van der Waals surface area (Å²) < 4.78 is 0. The van der Waals surface area contributed by atoms with E-state index in [0.717, 1.165) is 19.4 Å².